The molecule has 0 aromatic carbocycles. The second kappa shape index (κ2) is 5.98. The number of nitrogens with one attached hydrogen (secondary N) is 1. The van der Waals surface area contributed by atoms with Gasteiger partial charge < -0.3 is 10.1 Å². The highest BCUT2D eigenvalue weighted by atomic mass is 19.4. The van der Waals surface area contributed by atoms with Crippen molar-refractivity contribution in [3.8, 4) is 0 Å². The first-order chi connectivity index (χ1) is 8.31. The van der Waals surface area contributed by atoms with Gasteiger partial charge in [0.15, 0.2) is 5.60 Å². The third-order valence-corrected chi connectivity index (χ3v) is 2.20. The molecule has 0 atom stereocenters. The summed E-state index contributed by atoms with van der Waals surface area (Å²) in [4.78, 5) is 11.6. The van der Waals surface area contributed by atoms with E-state index in [1.807, 2.05) is 5.32 Å². The minimum Gasteiger partial charge on any atom is -0.368 e. The van der Waals surface area contributed by atoms with Gasteiger partial charge in [-0.2, -0.15) is 26.3 Å². The van der Waals surface area contributed by atoms with Gasteiger partial charge in [0.25, 0.3) is 5.91 Å². The summed E-state index contributed by atoms with van der Waals surface area (Å²) < 4.78 is 78.6. The molecule has 0 unspecified atom stereocenters. The molecule has 0 saturated heterocycles. The lowest BCUT2D eigenvalue weighted by Gasteiger charge is -2.33. The summed E-state index contributed by atoms with van der Waals surface area (Å²) in [6, 6.07) is -0.608. The zero-order valence-corrected chi connectivity index (χ0v) is 10.6. The Hall–Kier alpha value is -0.990. The summed E-state index contributed by atoms with van der Waals surface area (Å²) in [6.45, 7) is 2.83. The fraction of sp³-hybridized carbons (Fsp3) is 0.900. The van der Waals surface area contributed by atoms with E-state index in [4.69, 9.17) is 0 Å². The van der Waals surface area contributed by atoms with Gasteiger partial charge in [0, 0.05) is 13.2 Å². The molecule has 0 fully saturated rings. The van der Waals surface area contributed by atoms with Gasteiger partial charge in [-0.1, -0.05) is 0 Å². The highest BCUT2D eigenvalue weighted by molar-refractivity contribution is 5.85. The van der Waals surface area contributed by atoms with Crippen LogP contribution in [0.3, 0.4) is 0 Å². The van der Waals surface area contributed by atoms with Crippen LogP contribution < -0.4 is 5.32 Å². The van der Waals surface area contributed by atoms with Crippen LogP contribution in [0.25, 0.3) is 0 Å². The molecule has 0 rings (SSSR count). The first-order valence-electron chi connectivity index (χ1n) is 5.31. The van der Waals surface area contributed by atoms with E-state index < -0.39 is 42.7 Å². The van der Waals surface area contributed by atoms with Gasteiger partial charge in [-0.3, -0.25) is 4.79 Å². The molecule has 0 aromatic rings. The minimum atomic E-state index is -4.96. The molecule has 0 saturated carbocycles. The zero-order valence-electron chi connectivity index (χ0n) is 10.6. The molecule has 0 spiro atoms. The Bertz CT molecular complexity index is 294. The molecule has 0 aliphatic rings. The van der Waals surface area contributed by atoms with Crippen LogP contribution in [0.15, 0.2) is 0 Å². The van der Waals surface area contributed by atoms with E-state index in [-0.39, 0.29) is 0 Å². The topological polar surface area (TPSA) is 38.3 Å². The largest absolute Gasteiger partial charge is 0.392 e. The van der Waals surface area contributed by atoms with Crippen molar-refractivity contribution in [3.05, 3.63) is 0 Å². The number of methoxy groups -OCH3 is 1. The number of halogens is 6. The fourth-order valence-electron chi connectivity index (χ4n) is 1.50. The Kier molecular flexibility index (Phi) is 5.66. The van der Waals surface area contributed by atoms with E-state index in [1.54, 1.807) is 0 Å². The van der Waals surface area contributed by atoms with Crippen LogP contribution in [0.2, 0.25) is 0 Å². The lowest BCUT2D eigenvalue weighted by Crippen LogP contribution is -2.54. The number of carbonyl (C=O) groups excluding carboxylic acids is 1. The second-order valence-corrected chi connectivity index (χ2v) is 4.41. The molecule has 9 heteroatoms. The molecular formula is C10H15F6NO2. The maximum atomic E-state index is 12.4. The van der Waals surface area contributed by atoms with Crippen LogP contribution in [0, 0.1) is 0 Å². The predicted molar refractivity (Wildman–Crippen MR) is 54.4 cm³/mol. The third-order valence-electron chi connectivity index (χ3n) is 2.20. The molecule has 0 aliphatic carbocycles. The highest BCUT2D eigenvalue weighted by Gasteiger charge is 2.54. The van der Waals surface area contributed by atoms with Gasteiger partial charge in [0.05, 0.1) is 12.8 Å². The number of hydrogen-bond donors (Lipinski definition) is 1. The summed E-state index contributed by atoms with van der Waals surface area (Å²) >= 11 is 0. The molecule has 0 aliphatic heterocycles. The molecule has 0 bridgehead atoms. The maximum Gasteiger partial charge on any atom is 0.392 e. The highest BCUT2D eigenvalue weighted by Crippen LogP contribution is 2.38. The summed E-state index contributed by atoms with van der Waals surface area (Å²) in [5.41, 5.74) is -3.00. The molecule has 3 nitrogen and oxygen atoms in total. The number of alkyl halides is 6. The third kappa shape index (κ3) is 6.65. The Balaban J connectivity index is 5.34. The molecule has 1 amide bonds. The average Bonchev–Trinajstić information content (AvgIpc) is 2.10. The molecule has 1 N–H and O–H groups in total. The van der Waals surface area contributed by atoms with Crippen molar-refractivity contribution in [1.29, 1.82) is 0 Å². The number of hydrogen-bond acceptors (Lipinski definition) is 2. The molecule has 0 aromatic heterocycles. The Morgan fingerprint density at radius 2 is 1.42 bits per heavy atom. The second-order valence-electron chi connectivity index (χ2n) is 4.41. The van der Waals surface area contributed by atoms with Crippen LogP contribution in [0.4, 0.5) is 26.3 Å². The van der Waals surface area contributed by atoms with Crippen molar-refractivity contribution < 1.29 is 35.9 Å². The van der Waals surface area contributed by atoms with Crippen LogP contribution in [-0.2, 0) is 9.53 Å². The lowest BCUT2D eigenvalue weighted by atomic mass is 9.93. The molecule has 19 heavy (non-hydrogen) atoms. The molecular weight excluding hydrogens is 280 g/mol. The molecule has 0 radical (unpaired) electrons. The predicted octanol–water partition coefficient (Wildman–Crippen LogP) is 2.80. The van der Waals surface area contributed by atoms with Crippen molar-refractivity contribution in [3.63, 3.8) is 0 Å². The Morgan fingerprint density at radius 1 is 1.05 bits per heavy atom. The summed E-state index contributed by atoms with van der Waals surface area (Å²) in [5, 5.41) is 2.02. The van der Waals surface area contributed by atoms with Crippen molar-refractivity contribution in [2.24, 2.45) is 0 Å². The lowest BCUT2D eigenvalue weighted by molar-refractivity contribution is -0.223. The Labute approximate surface area is 106 Å². The standard InChI is InChI=1S/C10H15F6NO2/c1-6(2)17-7(18)8(19-3,4-9(11,12)13)5-10(14,15)16/h6H,4-5H2,1-3H3,(H,17,18). The van der Waals surface area contributed by atoms with Gasteiger partial charge in [-0.05, 0) is 13.8 Å². The van der Waals surface area contributed by atoms with Crippen molar-refractivity contribution in [2.45, 2.75) is 50.7 Å². The minimum absolute atomic E-state index is 0.608. The van der Waals surface area contributed by atoms with Crippen molar-refractivity contribution >= 4 is 5.91 Å². The zero-order chi connectivity index (χ0) is 15.5. The van der Waals surface area contributed by atoms with E-state index in [9.17, 15) is 31.1 Å². The number of amides is 1. The van der Waals surface area contributed by atoms with E-state index in [0.29, 0.717) is 7.11 Å². The van der Waals surface area contributed by atoms with Crippen LogP contribution in [-0.4, -0.2) is 37.0 Å². The van der Waals surface area contributed by atoms with Gasteiger partial charge >= 0.3 is 12.4 Å². The van der Waals surface area contributed by atoms with Gasteiger partial charge in [-0.25, -0.2) is 0 Å². The van der Waals surface area contributed by atoms with Gasteiger partial charge in [0.2, 0.25) is 0 Å². The molecule has 114 valence electrons. The normalized spacial score (nSPS) is 13.8. The van der Waals surface area contributed by atoms with Crippen LogP contribution >= 0.6 is 0 Å². The smallest absolute Gasteiger partial charge is 0.368 e. The number of carbonyl (C=O) groups is 1. The number of rotatable bonds is 5. The van der Waals surface area contributed by atoms with Crippen molar-refractivity contribution in [2.75, 3.05) is 7.11 Å². The monoisotopic (exact) mass is 295 g/mol. The summed E-state index contributed by atoms with van der Waals surface area (Å²) in [7, 11) is 0.650. The van der Waals surface area contributed by atoms with E-state index in [0.717, 1.165) is 0 Å². The first-order valence-corrected chi connectivity index (χ1v) is 5.31. The Morgan fingerprint density at radius 3 is 1.63 bits per heavy atom. The SMILES string of the molecule is COC(CC(F)(F)F)(CC(F)(F)F)C(=O)NC(C)C. The summed E-state index contributed by atoms with van der Waals surface area (Å²) in [5.74, 6) is -1.43. The van der Waals surface area contributed by atoms with Crippen LogP contribution in [0.1, 0.15) is 26.7 Å². The average molecular weight is 295 g/mol. The fourth-order valence-corrected chi connectivity index (χ4v) is 1.50. The van der Waals surface area contributed by atoms with Gasteiger partial charge in [0.1, 0.15) is 0 Å². The first kappa shape index (κ1) is 18.0. The number of ether oxygens (including phenoxy) is 1. The molecule has 0 heterocycles. The van der Waals surface area contributed by atoms with E-state index in [2.05, 4.69) is 4.74 Å². The van der Waals surface area contributed by atoms with Gasteiger partial charge in [-0.15, -0.1) is 0 Å². The summed E-state index contributed by atoms with van der Waals surface area (Å²) in [6.07, 6.45) is -13.9. The maximum absolute atomic E-state index is 12.4. The van der Waals surface area contributed by atoms with E-state index in [1.165, 1.54) is 13.8 Å². The van der Waals surface area contributed by atoms with E-state index >= 15 is 0 Å². The quantitative estimate of drug-likeness (QED) is 0.792. The van der Waals surface area contributed by atoms with Crippen molar-refractivity contribution in [1.82, 2.24) is 5.32 Å². The van der Waals surface area contributed by atoms with Crippen LogP contribution in [0.5, 0.6) is 0 Å².